The van der Waals surface area contributed by atoms with Crippen LogP contribution in [0.15, 0.2) is 58.2 Å². The maximum absolute atomic E-state index is 12.3. The molecule has 1 aromatic heterocycles. The van der Waals surface area contributed by atoms with E-state index in [4.69, 9.17) is 21.8 Å². The summed E-state index contributed by atoms with van der Waals surface area (Å²) in [6, 6.07) is 13.5. The standard InChI is InChI=1S/C20H18ClN5O4S/c21-13-7-5-12(6-8-13)19-25-26-20(30-19)31-11-17(28)24-15-4-2-1-3-14(15)18(29)23-10-9-16(22)27/h1-8H,9-11H2,(H2,22,27)(H,23,29)(H,24,28). The molecule has 0 unspecified atom stereocenters. The molecular weight excluding hydrogens is 442 g/mol. The number of rotatable bonds is 9. The number of amides is 3. The first-order valence-electron chi connectivity index (χ1n) is 9.10. The zero-order valence-corrected chi connectivity index (χ0v) is 17.7. The van der Waals surface area contributed by atoms with Crippen molar-refractivity contribution in [2.24, 2.45) is 5.73 Å². The lowest BCUT2D eigenvalue weighted by Gasteiger charge is -2.10. The van der Waals surface area contributed by atoms with Crippen molar-refractivity contribution in [3.05, 3.63) is 59.1 Å². The van der Waals surface area contributed by atoms with Gasteiger partial charge < -0.3 is 20.8 Å². The van der Waals surface area contributed by atoms with Crippen LogP contribution in [0.4, 0.5) is 5.69 Å². The van der Waals surface area contributed by atoms with Crippen LogP contribution in [-0.2, 0) is 9.59 Å². The Balaban J connectivity index is 1.56. The number of hydrogen-bond acceptors (Lipinski definition) is 7. The second-order valence-corrected chi connectivity index (χ2v) is 7.60. The number of halogens is 1. The van der Waals surface area contributed by atoms with E-state index in [1.54, 1.807) is 48.5 Å². The van der Waals surface area contributed by atoms with E-state index in [1.165, 1.54) is 0 Å². The van der Waals surface area contributed by atoms with Gasteiger partial charge in [-0.05, 0) is 36.4 Å². The van der Waals surface area contributed by atoms with Crippen molar-refractivity contribution in [2.45, 2.75) is 11.6 Å². The lowest BCUT2D eigenvalue weighted by molar-refractivity contribution is -0.118. The van der Waals surface area contributed by atoms with E-state index in [-0.39, 0.29) is 35.4 Å². The van der Waals surface area contributed by atoms with Crippen molar-refractivity contribution in [1.29, 1.82) is 0 Å². The van der Waals surface area contributed by atoms with Crippen molar-refractivity contribution >= 4 is 46.8 Å². The van der Waals surface area contributed by atoms with Gasteiger partial charge in [0.15, 0.2) is 0 Å². The van der Waals surface area contributed by atoms with Gasteiger partial charge in [0.05, 0.1) is 17.0 Å². The molecule has 0 atom stereocenters. The largest absolute Gasteiger partial charge is 0.411 e. The first kappa shape index (κ1) is 22.3. The van der Waals surface area contributed by atoms with Gasteiger partial charge in [-0.15, -0.1) is 10.2 Å². The third-order valence-electron chi connectivity index (χ3n) is 3.93. The molecule has 2 aromatic carbocycles. The summed E-state index contributed by atoms with van der Waals surface area (Å²) in [5.41, 5.74) is 6.39. The van der Waals surface area contributed by atoms with E-state index in [2.05, 4.69) is 20.8 Å². The molecule has 0 aliphatic carbocycles. The molecule has 0 radical (unpaired) electrons. The number of thioether (sulfide) groups is 1. The summed E-state index contributed by atoms with van der Waals surface area (Å²) in [4.78, 5) is 35.5. The summed E-state index contributed by atoms with van der Waals surface area (Å²) in [5, 5.41) is 14.0. The first-order chi connectivity index (χ1) is 14.9. The van der Waals surface area contributed by atoms with Gasteiger partial charge in [0.1, 0.15) is 0 Å². The topological polar surface area (TPSA) is 140 Å². The molecule has 0 fully saturated rings. The summed E-state index contributed by atoms with van der Waals surface area (Å²) in [6.45, 7) is 0.111. The van der Waals surface area contributed by atoms with Crippen LogP contribution in [0.2, 0.25) is 5.02 Å². The molecule has 0 bridgehead atoms. The molecule has 160 valence electrons. The van der Waals surface area contributed by atoms with Gasteiger partial charge in [0.2, 0.25) is 17.7 Å². The normalized spacial score (nSPS) is 10.5. The van der Waals surface area contributed by atoms with Crippen LogP contribution in [0.25, 0.3) is 11.5 Å². The summed E-state index contributed by atoms with van der Waals surface area (Å²) < 4.78 is 5.55. The lowest BCUT2D eigenvalue weighted by atomic mass is 10.1. The zero-order chi connectivity index (χ0) is 22.2. The molecule has 4 N–H and O–H groups in total. The number of primary amides is 1. The minimum atomic E-state index is -0.515. The van der Waals surface area contributed by atoms with E-state index in [1.807, 2.05) is 0 Å². The maximum atomic E-state index is 12.3. The Bertz CT molecular complexity index is 1090. The molecule has 0 aliphatic heterocycles. The fraction of sp³-hybridized carbons (Fsp3) is 0.150. The van der Waals surface area contributed by atoms with Gasteiger partial charge in [-0.3, -0.25) is 14.4 Å². The number of carbonyl (C=O) groups excluding carboxylic acids is 3. The quantitative estimate of drug-likeness (QED) is 0.418. The van der Waals surface area contributed by atoms with E-state index in [0.717, 1.165) is 11.8 Å². The molecule has 0 saturated heterocycles. The molecule has 9 nitrogen and oxygen atoms in total. The Morgan fingerprint density at radius 2 is 1.81 bits per heavy atom. The Kier molecular flexibility index (Phi) is 7.63. The Morgan fingerprint density at radius 3 is 2.55 bits per heavy atom. The highest BCUT2D eigenvalue weighted by atomic mass is 35.5. The SMILES string of the molecule is NC(=O)CCNC(=O)c1ccccc1NC(=O)CSc1nnc(-c2ccc(Cl)cc2)o1. The number of aromatic nitrogens is 2. The van der Waals surface area contributed by atoms with Gasteiger partial charge in [0.25, 0.3) is 11.1 Å². The van der Waals surface area contributed by atoms with Crippen LogP contribution >= 0.6 is 23.4 Å². The molecule has 0 saturated carbocycles. The lowest BCUT2D eigenvalue weighted by Crippen LogP contribution is -2.29. The second kappa shape index (κ2) is 10.6. The summed E-state index contributed by atoms with van der Waals surface area (Å²) in [5.74, 6) is -0.973. The maximum Gasteiger partial charge on any atom is 0.277 e. The van der Waals surface area contributed by atoms with E-state index in [9.17, 15) is 14.4 Å². The van der Waals surface area contributed by atoms with Crippen molar-refractivity contribution in [2.75, 3.05) is 17.6 Å². The van der Waals surface area contributed by atoms with Gasteiger partial charge >= 0.3 is 0 Å². The predicted octanol–water partition coefficient (Wildman–Crippen LogP) is 2.73. The highest BCUT2D eigenvalue weighted by Crippen LogP contribution is 2.24. The molecule has 3 aromatic rings. The van der Waals surface area contributed by atoms with Crippen LogP contribution in [0, 0.1) is 0 Å². The number of carbonyl (C=O) groups is 3. The number of para-hydroxylation sites is 1. The van der Waals surface area contributed by atoms with Crippen molar-refractivity contribution in [3.8, 4) is 11.5 Å². The zero-order valence-electron chi connectivity index (χ0n) is 16.1. The summed E-state index contributed by atoms with van der Waals surface area (Å²) in [7, 11) is 0. The van der Waals surface area contributed by atoms with Crippen LogP contribution in [0.1, 0.15) is 16.8 Å². The molecule has 3 rings (SSSR count). The van der Waals surface area contributed by atoms with Gasteiger partial charge in [-0.1, -0.05) is 35.5 Å². The molecule has 0 spiro atoms. The summed E-state index contributed by atoms with van der Waals surface area (Å²) >= 11 is 6.93. The molecule has 3 amide bonds. The van der Waals surface area contributed by atoms with Crippen LogP contribution in [0.5, 0.6) is 0 Å². The number of nitrogens with one attached hydrogen (secondary N) is 2. The summed E-state index contributed by atoms with van der Waals surface area (Å²) in [6.07, 6.45) is 0.0269. The fourth-order valence-corrected chi connectivity index (χ4v) is 3.16. The Morgan fingerprint density at radius 1 is 1.06 bits per heavy atom. The second-order valence-electron chi connectivity index (χ2n) is 6.23. The number of anilines is 1. The Hall–Kier alpha value is -3.37. The minimum absolute atomic E-state index is 0.000119. The fourth-order valence-electron chi connectivity index (χ4n) is 2.48. The van der Waals surface area contributed by atoms with E-state index >= 15 is 0 Å². The Labute approximate surface area is 186 Å². The third-order valence-corrected chi connectivity index (χ3v) is 5.00. The van der Waals surface area contributed by atoms with Crippen molar-refractivity contribution in [3.63, 3.8) is 0 Å². The number of hydrogen-bond donors (Lipinski definition) is 3. The highest BCUT2D eigenvalue weighted by molar-refractivity contribution is 7.99. The predicted molar refractivity (Wildman–Crippen MR) is 117 cm³/mol. The van der Waals surface area contributed by atoms with E-state index < -0.39 is 11.8 Å². The number of nitrogens with two attached hydrogens (primary N) is 1. The van der Waals surface area contributed by atoms with Crippen LogP contribution in [0.3, 0.4) is 0 Å². The van der Waals surface area contributed by atoms with Gasteiger partial charge in [-0.25, -0.2) is 0 Å². The number of benzene rings is 2. The minimum Gasteiger partial charge on any atom is -0.411 e. The molecule has 11 heteroatoms. The number of nitrogens with zero attached hydrogens (tertiary/aromatic N) is 2. The molecule has 0 aliphatic rings. The van der Waals surface area contributed by atoms with Crippen LogP contribution < -0.4 is 16.4 Å². The highest BCUT2D eigenvalue weighted by Gasteiger charge is 2.15. The molecular formula is C20H18ClN5O4S. The molecule has 31 heavy (non-hydrogen) atoms. The average Bonchev–Trinajstić information content (AvgIpc) is 3.22. The average molecular weight is 460 g/mol. The third kappa shape index (κ3) is 6.56. The van der Waals surface area contributed by atoms with E-state index in [0.29, 0.717) is 22.2 Å². The van der Waals surface area contributed by atoms with Crippen molar-refractivity contribution < 1.29 is 18.8 Å². The van der Waals surface area contributed by atoms with Gasteiger partial charge in [0, 0.05) is 23.6 Å². The smallest absolute Gasteiger partial charge is 0.277 e. The van der Waals surface area contributed by atoms with Gasteiger partial charge in [-0.2, -0.15) is 0 Å². The van der Waals surface area contributed by atoms with Crippen molar-refractivity contribution in [1.82, 2.24) is 15.5 Å². The first-order valence-corrected chi connectivity index (χ1v) is 10.5. The van der Waals surface area contributed by atoms with Crippen LogP contribution in [-0.4, -0.2) is 40.2 Å². The monoisotopic (exact) mass is 459 g/mol. The molecule has 1 heterocycles.